The summed E-state index contributed by atoms with van der Waals surface area (Å²) in [5, 5.41) is 11.6. The van der Waals surface area contributed by atoms with Gasteiger partial charge in [0.2, 0.25) is 0 Å². The summed E-state index contributed by atoms with van der Waals surface area (Å²) in [6.07, 6.45) is 6.12. The molecule has 3 aliphatic rings. The number of guanidine groups is 1. The van der Waals surface area contributed by atoms with E-state index in [0.29, 0.717) is 0 Å². The van der Waals surface area contributed by atoms with Crippen LogP contribution >= 0.6 is 0 Å². The first-order valence-electron chi connectivity index (χ1n) is 5.93. The first-order chi connectivity index (χ1) is 8.69. The zero-order valence-corrected chi connectivity index (χ0v) is 9.73. The number of carbonyl (C=O) groups is 1. The number of hydrogen-bond acceptors (Lipinski definition) is 6. The molecule has 0 unspecified atom stereocenters. The molecular formula is C11H15N5O2. The highest BCUT2D eigenvalue weighted by molar-refractivity contribution is 6.02. The van der Waals surface area contributed by atoms with E-state index in [-0.39, 0.29) is 36.6 Å². The summed E-state index contributed by atoms with van der Waals surface area (Å²) in [6, 6.07) is -0.401. The number of aliphatic hydroxyl groups is 1. The number of nitrogens with two attached hydrogens (primary N) is 1. The second-order valence-electron chi connectivity index (χ2n) is 4.70. The van der Waals surface area contributed by atoms with Crippen molar-refractivity contribution in [3.8, 4) is 0 Å². The summed E-state index contributed by atoms with van der Waals surface area (Å²) in [4.78, 5) is 22.0. The molecule has 0 aromatic carbocycles. The molecule has 2 heterocycles. The Balaban J connectivity index is 1.79. The van der Waals surface area contributed by atoms with Gasteiger partial charge in [-0.05, 0) is 6.42 Å². The molecule has 1 amide bonds. The Morgan fingerprint density at radius 3 is 3.11 bits per heavy atom. The lowest BCUT2D eigenvalue weighted by molar-refractivity contribution is -0.122. The van der Waals surface area contributed by atoms with E-state index in [9.17, 15) is 4.79 Å². The van der Waals surface area contributed by atoms with Gasteiger partial charge in [-0.25, -0.2) is 4.99 Å². The van der Waals surface area contributed by atoms with Crippen molar-refractivity contribution in [3.05, 3.63) is 12.2 Å². The summed E-state index contributed by atoms with van der Waals surface area (Å²) < 4.78 is 0. The number of hydrogen-bond donors (Lipinski definition) is 3. The standard InChI is InChI=1S/C11H15N5O2/c12-11-14-9-8(10(18)15-11)13-5-16(9)7-2-1-6(3-7)4-17/h1-2,5-9,17H,3-4H2,(H3,12,14,15,18)/t6-,7+,8+,9+/m1/s1. The van der Waals surface area contributed by atoms with E-state index in [4.69, 9.17) is 10.8 Å². The molecule has 0 spiro atoms. The second kappa shape index (κ2) is 4.09. The van der Waals surface area contributed by atoms with E-state index >= 15 is 0 Å². The first kappa shape index (κ1) is 11.2. The van der Waals surface area contributed by atoms with E-state index in [0.717, 1.165) is 6.42 Å². The van der Waals surface area contributed by atoms with Crippen LogP contribution in [0.5, 0.6) is 0 Å². The number of nitrogens with zero attached hydrogens (tertiary/aromatic N) is 3. The molecule has 96 valence electrons. The smallest absolute Gasteiger partial charge is 0.255 e. The van der Waals surface area contributed by atoms with Crippen LogP contribution in [0, 0.1) is 5.92 Å². The lowest BCUT2D eigenvalue weighted by atomic mass is 10.1. The molecule has 0 aromatic heterocycles. The average molecular weight is 249 g/mol. The van der Waals surface area contributed by atoms with Crippen molar-refractivity contribution in [2.45, 2.75) is 24.7 Å². The molecule has 4 atom stereocenters. The monoisotopic (exact) mass is 249 g/mol. The molecule has 7 nitrogen and oxygen atoms in total. The predicted octanol–water partition coefficient (Wildman–Crippen LogP) is -1.59. The Morgan fingerprint density at radius 1 is 1.56 bits per heavy atom. The van der Waals surface area contributed by atoms with Crippen LogP contribution in [0.1, 0.15) is 6.42 Å². The van der Waals surface area contributed by atoms with Crippen LogP contribution < -0.4 is 11.1 Å². The van der Waals surface area contributed by atoms with Gasteiger partial charge in [-0.1, -0.05) is 12.2 Å². The Bertz CT molecular complexity index is 458. The SMILES string of the molecule is NC1=N[C@@H]2[C@H](N=CN2[C@H]2C=C[C@@H](CO)C2)C(=O)N1. The Labute approximate surface area is 104 Å². The third-order valence-corrected chi connectivity index (χ3v) is 3.51. The molecule has 3 rings (SSSR count). The van der Waals surface area contributed by atoms with Gasteiger partial charge in [0.25, 0.3) is 5.91 Å². The van der Waals surface area contributed by atoms with E-state index in [2.05, 4.69) is 15.3 Å². The molecule has 0 bridgehead atoms. The highest BCUT2D eigenvalue weighted by Gasteiger charge is 2.42. The number of aliphatic hydroxyl groups excluding tert-OH is 1. The van der Waals surface area contributed by atoms with Gasteiger partial charge in [0.05, 0.1) is 12.4 Å². The Hall–Kier alpha value is -1.89. The van der Waals surface area contributed by atoms with Gasteiger partial charge in [0.1, 0.15) is 0 Å². The maximum atomic E-state index is 11.7. The van der Waals surface area contributed by atoms with E-state index < -0.39 is 6.04 Å². The summed E-state index contributed by atoms with van der Waals surface area (Å²) in [5.74, 6) is 0.0885. The summed E-state index contributed by atoms with van der Waals surface area (Å²) >= 11 is 0. The maximum absolute atomic E-state index is 11.7. The molecule has 0 aromatic rings. The lowest BCUT2D eigenvalue weighted by Gasteiger charge is -2.31. The van der Waals surface area contributed by atoms with Crippen LogP contribution in [-0.4, -0.2) is 53.1 Å². The molecule has 0 fully saturated rings. The third kappa shape index (κ3) is 1.67. The Morgan fingerprint density at radius 2 is 2.39 bits per heavy atom. The minimum absolute atomic E-state index is 0.114. The fourth-order valence-corrected chi connectivity index (χ4v) is 2.56. The first-order valence-corrected chi connectivity index (χ1v) is 5.93. The predicted molar refractivity (Wildman–Crippen MR) is 65.8 cm³/mol. The zero-order chi connectivity index (χ0) is 12.7. The summed E-state index contributed by atoms with van der Waals surface area (Å²) in [7, 11) is 0. The molecular weight excluding hydrogens is 234 g/mol. The molecule has 0 radical (unpaired) electrons. The van der Waals surface area contributed by atoms with Crippen molar-refractivity contribution in [1.29, 1.82) is 0 Å². The van der Waals surface area contributed by atoms with E-state index in [1.54, 1.807) is 6.34 Å². The van der Waals surface area contributed by atoms with Gasteiger partial charge < -0.3 is 15.7 Å². The van der Waals surface area contributed by atoms with E-state index in [1.807, 2.05) is 17.1 Å². The zero-order valence-electron chi connectivity index (χ0n) is 9.73. The molecule has 1 aliphatic carbocycles. The fraction of sp³-hybridized carbons (Fsp3) is 0.545. The largest absolute Gasteiger partial charge is 0.396 e. The van der Waals surface area contributed by atoms with Gasteiger partial charge in [0, 0.05) is 12.5 Å². The van der Waals surface area contributed by atoms with Crippen molar-refractivity contribution < 1.29 is 9.90 Å². The molecule has 4 N–H and O–H groups in total. The van der Waals surface area contributed by atoms with Crippen LogP contribution in [0.4, 0.5) is 0 Å². The van der Waals surface area contributed by atoms with Gasteiger partial charge in [-0.15, -0.1) is 0 Å². The van der Waals surface area contributed by atoms with Crippen molar-refractivity contribution in [1.82, 2.24) is 10.2 Å². The average Bonchev–Trinajstić information content (AvgIpc) is 2.93. The van der Waals surface area contributed by atoms with Gasteiger partial charge >= 0.3 is 0 Å². The number of fused-ring (bicyclic) bond motifs is 1. The van der Waals surface area contributed by atoms with Crippen molar-refractivity contribution in [3.63, 3.8) is 0 Å². The summed E-state index contributed by atoms with van der Waals surface area (Å²) in [6.45, 7) is 0.137. The number of aliphatic imine (C=N–C) groups is 2. The minimum atomic E-state index is -0.515. The number of nitrogens with one attached hydrogen (secondary N) is 1. The molecule has 18 heavy (non-hydrogen) atoms. The topological polar surface area (TPSA) is 103 Å². The summed E-state index contributed by atoms with van der Waals surface area (Å²) in [5.41, 5.74) is 5.57. The van der Waals surface area contributed by atoms with Gasteiger partial charge in [-0.3, -0.25) is 15.1 Å². The number of amides is 1. The highest BCUT2D eigenvalue weighted by Crippen LogP contribution is 2.28. The minimum Gasteiger partial charge on any atom is -0.396 e. The maximum Gasteiger partial charge on any atom is 0.255 e. The van der Waals surface area contributed by atoms with Crippen LogP contribution in [0.15, 0.2) is 22.1 Å². The fourth-order valence-electron chi connectivity index (χ4n) is 2.56. The lowest BCUT2D eigenvalue weighted by Crippen LogP contribution is -2.55. The highest BCUT2D eigenvalue weighted by atomic mass is 16.3. The van der Waals surface area contributed by atoms with Crippen molar-refractivity contribution in [2.24, 2.45) is 21.6 Å². The molecule has 0 saturated carbocycles. The van der Waals surface area contributed by atoms with Crippen LogP contribution in [-0.2, 0) is 4.79 Å². The number of rotatable bonds is 2. The number of carbonyl (C=O) groups excluding carboxylic acids is 1. The third-order valence-electron chi connectivity index (χ3n) is 3.51. The van der Waals surface area contributed by atoms with Crippen LogP contribution in [0.25, 0.3) is 0 Å². The molecule has 0 saturated heterocycles. The molecule has 2 aliphatic heterocycles. The Kier molecular flexibility index (Phi) is 2.55. The quantitative estimate of drug-likeness (QED) is 0.513. The second-order valence-corrected chi connectivity index (χ2v) is 4.70. The normalized spacial score (nSPS) is 37.7. The van der Waals surface area contributed by atoms with Crippen molar-refractivity contribution in [2.75, 3.05) is 6.61 Å². The van der Waals surface area contributed by atoms with Gasteiger partial charge in [0.15, 0.2) is 18.2 Å². The van der Waals surface area contributed by atoms with Crippen LogP contribution in [0.2, 0.25) is 0 Å². The molecule has 7 heteroatoms. The van der Waals surface area contributed by atoms with E-state index in [1.165, 1.54) is 0 Å². The van der Waals surface area contributed by atoms with Crippen molar-refractivity contribution >= 4 is 18.2 Å². The van der Waals surface area contributed by atoms with Crippen LogP contribution in [0.3, 0.4) is 0 Å². The van der Waals surface area contributed by atoms with Gasteiger partial charge in [-0.2, -0.15) is 0 Å².